The van der Waals surface area contributed by atoms with E-state index in [2.05, 4.69) is 13.8 Å². The van der Waals surface area contributed by atoms with Crippen LogP contribution in [0, 0.1) is 0 Å². The summed E-state index contributed by atoms with van der Waals surface area (Å²) < 4.78 is 33.5. The quantitative estimate of drug-likeness (QED) is 0.0354. The van der Waals surface area contributed by atoms with Crippen molar-refractivity contribution in [1.29, 1.82) is 0 Å². The van der Waals surface area contributed by atoms with Crippen molar-refractivity contribution < 1.29 is 32.8 Å². The molecule has 0 fully saturated rings. The molecule has 9 heteroatoms. The van der Waals surface area contributed by atoms with Gasteiger partial charge < -0.3 is 20.1 Å². The molecular weight excluding hydrogens is 734 g/mol. The van der Waals surface area contributed by atoms with Crippen LogP contribution in [0.3, 0.4) is 0 Å². The van der Waals surface area contributed by atoms with Gasteiger partial charge in [-0.15, -0.1) is 0 Å². The van der Waals surface area contributed by atoms with Gasteiger partial charge >= 0.3 is 13.8 Å². The molecule has 0 radical (unpaired) electrons. The molecule has 0 aliphatic rings. The molecule has 8 nitrogen and oxygen atoms in total. The van der Waals surface area contributed by atoms with Crippen LogP contribution in [0.4, 0.5) is 0 Å². The highest BCUT2D eigenvalue weighted by molar-refractivity contribution is 7.47. The van der Waals surface area contributed by atoms with Crippen LogP contribution < -0.4 is 5.73 Å². The van der Waals surface area contributed by atoms with E-state index in [9.17, 15) is 14.3 Å². The Morgan fingerprint density at radius 2 is 0.772 bits per heavy atom. The Morgan fingerprint density at radius 1 is 0.456 bits per heavy atom. The zero-order chi connectivity index (χ0) is 41.6. The number of carbonyl (C=O) groups is 1. The van der Waals surface area contributed by atoms with E-state index in [-0.39, 0.29) is 32.3 Å². The second-order valence-electron chi connectivity index (χ2n) is 17.1. The van der Waals surface area contributed by atoms with Gasteiger partial charge in [-0.25, -0.2) is 4.57 Å². The lowest BCUT2D eigenvalue weighted by atomic mass is 10.0. The molecule has 57 heavy (non-hydrogen) atoms. The summed E-state index contributed by atoms with van der Waals surface area (Å²) in [5.74, 6) is -0.322. The van der Waals surface area contributed by atoms with Crippen LogP contribution in [0.2, 0.25) is 0 Å². The van der Waals surface area contributed by atoms with Crippen LogP contribution in [0.1, 0.15) is 264 Å². The van der Waals surface area contributed by atoms with Crippen molar-refractivity contribution in [1.82, 2.24) is 0 Å². The number of hydrogen-bond acceptors (Lipinski definition) is 7. The molecule has 0 aliphatic carbocycles. The van der Waals surface area contributed by atoms with Crippen molar-refractivity contribution in [2.75, 3.05) is 33.0 Å². The maximum absolute atomic E-state index is 12.6. The number of unbranched alkanes of at least 4 members (excludes halogenated alkanes) is 36. The van der Waals surface area contributed by atoms with Crippen molar-refractivity contribution in [3.8, 4) is 0 Å². The number of ether oxygens (including phenoxy) is 2. The Bertz CT molecular complexity index is 848. The van der Waals surface area contributed by atoms with Crippen LogP contribution in [-0.2, 0) is 27.9 Å². The van der Waals surface area contributed by atoms with Gasteiger partial charge in [0, 0.05) is 19.6 Å². The maximum atomic E-state index is 12.6. The van der Waals surface area contributed by atoms with Crippen LogP contribution in [0.15, 0.2) is 0 Å². The molecule has 3 N–H and O–H groups in total. The van der Waals surface area contributed by atoms with E-state index in [1.54, 1.807) is 0 Å². The number of hydrogen-bond donors (Lipinski definition) is 2. The Hall–Kier alpha value is -0.500. The molecule has 0 amide bonds. The van der Waals surface area contributed by atoms with E-state index in [1.807, 2.05) is 0 Å². The summed E-state index contributed by atoms with van der Waals surface area (Å²) in [6.07, 6.45) is 50.0. The molecule has 0 aromatic carbocycles. The predicted molar refractivity (Wildman–Crippen MR) is 243 cm³/mol. The van der Waals surface area contributed by atoms with Crippen molar-refractivity contribution in [2.45, 2.75) is 270 Å². The van der Waals surface area contributed by atoms with Gasteiger partial charge in [0.15, 0.2) is 0 Å². The van der Waals surface area contributed by atoms with Crippen LogP contribution in [-0.4, -0.2) is 49.9 Å². The van der Waals surface area contributed by atoms with Gasteiger partial charge in [-0.2, -0.15) is 0 Å². The Balaban J connectivity index is 3.80. The Kier molecular flexibility index (Phi) is 46.2. The SMILES string of the molecule is CCCCCCCCCCCCCCCCCCCCCCCCCCCCC(=O)O[C@H](COCCCCCCCCCCCCCC)COP(=O)(O)OCCN. The normalized spacial score (nSPS) is 13.3. The first-order valence-corrected chi connectivity index (χ1v) is 26.5. The first-order chi connectivity index (χ1) is 27.9. The molecule has 0 saturated carbocycles. The highest BCUT2D eigenvalue weighted by atomic mass is 31.2. The van der Waals surface area contributed by atoms with Crippen LogP contribution in [0.5, 0.6) is 0 Å². The zero-order valence-corrected chi connectivity index (χ0v) is 39.0. The highest BCUT2D eigenvalue weighted by Crippen LogP contribution is 2.43. The Labute approximate surface area is 354 Å². The van der Waals surface area contributed by atoms with Gasteiger partial charge in [-0.1, -0.05) is 245 Å². The molecule has 0 saturated heterocycles. The lowest BCUT2D eigenvalue weighted by molar-refractivity contribution is -0.154. The van der Waals surface area contributed by atoms with E-state index >= 15 is 0 Å². The van der Waals surface area contributed by atoms with E-state index < -0.39 is 13.9 Å². The summed E-state index contributed by atoms with van der Waals surface area (Å²) >= 11 is 0. The lowest BCUT2D eigenvalue weighted by Crippen LogP contribution is -2.28. The Morgan fingerprint density at radius 3 is 1.11 bits per heavy atom. The number of phosphoric acid groups is 1. The second-order valence-corrected chi connectivity index (χ2v) is 18.5. The molecule has 0 heterocycles. The molecule has 0 aromatic heterocycles. The maximum Gasteiger partial charge on any atom is 0.472 e. The molecule has 0 aliphatic heterocycles. The molecule has 0 spiro atoms. The van der Waals surface area contributed by atoms with Crippen molar-refractivity contribution in [3.05, 3.63) is 0 Å². The van der Waals surface area contributed by atoms with Crippen molar-refractivity contribution in [2.24, 2.45) is 5.73 Å². The summed E-state index contributed by atoms with van der Waals surface area (Å²) in [4.78, 5) is 22.5. The van der Waals surface area contributed by atoms with Gasteiger partial charge in [0.2, 0.25) is 0 Å². The molecule has 0 rings (SSSR count). The van der Waals surface area contributed by atoms with Gasteiger partial charge in [-0.05, 0) is 12.8 Å². The third-order valence-electron chi connectivity index (χ3n) is 11.3. The number of esters is 1. The zero-order valence-electron chi connectivity index (χ0n) is 38.1. The standard InChI is InChI=1S/C48H98NO7P/c1-3-5-7-9-11-13-15-17-18-19-20-21-22-23-24-25-26-27-28-29-30-31-33-35-37-39-41-48(50)56-47(46-55-57(51,52)54-44-42-49)45-53-43-40-38-36-34-32-16-14-12-10-8-6-4-2/h47H,3-46,49H2,1-2H3,(H,51,52)/t47-/m1/s1. The van der Waals surface area contributed by atoms with Gasteiger partial charge in [0.05, 0.1) is 19.8 Å². The third-order valence-corrected chi connectivity index (χ3v) is 12.3. The smallest absolute Gasteiger partial charge is 0.457 e. The highest BCUT2D eigenvalue weighted by Gasteiger charge is 2.25. The molecular formula is C48H98NO7P. The third kappa shape index (κ3) is 46.4. The van der Waals surface area contributed by atoms with Gasteiger partial charge in [0.25, 0.3) is 0 Å². The largest absolute Gasteiger partial charge is 0.472 e. The van der Waals surface area contributed by atoms with Crippen LogP contribution in [0.25, 0.3) is 0 Å². The lowest BCUT2D eigenvalue weighted by Gasteiger charge is -2.20. The van der Waals surface area contributed by atoms with Crippen molar-refractivity contribution in [3.63, 3.8) is 0 Å². The minimum Gasteiger partial charge on any atom is -0.457 e. The second kappa shape index (κ2) is 46.6. The van der Waals surface area contributed by atoms with E-state index in [0.717, 1.165) is 32.1 Å². The summed E-state index contributed by atoms with van der Waals surface area (Å²) in [5.41, 5.74) is 5.38. The van der Waals surface area contributed by atoms with E-state index in [0.29, 0.717) is 13.0 Å². The fourth-order valence-electron chi connectivity index (χ4n) is 7.59. The fraction of sp³-hybridized carbons (Fsp3) is 0.979. The molecule has 2 atom stereocenters. The van der Waals surface area contributed by atoms with Gasteiger partial charge in [0.1, 0.15) is 6.10 Å². The first-order valence-electron chi connectivity index (χ1n) is 25.0. The van der Waals surface area contributed by atoms with Crippen molar-refractivity contribution >= 4 is 13.8 Å². The number of rotatable bonds is 49. The molecule has 0 aromatic rings. The monoisotopic (exact) mass is 832 g/mol. The minimum atomic E-state index is -4.27. The summed E-state index contributed by atoms with van der Waals surface area (Å²) in [6.45, 7) is 4.99. The fourth-order valence-corrected chi connectivity index (χ4v) is 8.35. The topological polar surface area (TPSA) is 117 Å². The average Bonchev–Trinajstić information content (AvgIpc) is 3.20. The number of phosphoric ester groups is 1. The molecule has 1 unspecified atom stereocenters. The summed E-state index contributed by atoms with van der Waals surface area (Å²) in [6, 6.07) is 0. The summed E-state index contributed by atoms with van der Waals surface area (Å²) in [7, 11) is -4.27. The predicted octanol–water partition coefficient (Wildman–Crippen LogP) is 15.3. The summed E-state index contributed by atoms with van der Waals surface area (Å²) in [5, 5.41) is 0. The molecule has 0 bridgehead atoms. The average molecular weight is 832 g/mol. The number of carbonyl (C=O) groups excluding carboxylic acids is 1. The first kappa shape index (κ1) is 56.5. The number of nitrogens with two attached hydrogens (primary N) is 1. The van der Waals surface area contributed by atoms with Crippen LogP contribution >= 0.6 is 7.82 Å². The molecule has 342 valence electrons. The van der Waals surface area contributed by atoms with E-state index in [1.165, 1.54) is 212 Å². The minimum absolute atomic E-state index is 0.0900. The van der Waals surface area contributed by atoms with Gasteiger partial charge in [-0.3, -0.25) is 13.8 Å². The van der Waals surface area contributed by atoms with E-state index in [4.69, 9.17) is 24.3 Å².